The molecule has 0 aromatic heterocycles. The molecule has 3 rings (SSSR count). The third kappa shape index (κ3) is 6.31. The first-order valence-electron chi connectivity index (χ1n) is 10.8. The van der Waals surface area contributed by atoms with Gasteiger partial charge in [-0.2, -0.15) is 0 Å². The van der Waals surface area contributed by atoms with Gasteiger partial charge >= 0.3 is 0 Å². The number of hydrogen-bond donors (Lipinski definition) is 1. The average Bonchev–Trinajstić information content (AvgIpc) is 2.75. The summed E-state index contributed by atoms with van der Waals surface area (Å²) in [5, 5.41) is 3.09. The lowest BCUT2D eigenvalue weighted by Gasteiger charge is -2.38. The maximum absolute atomic E-state index is 12.8. The molecule has 1 atom stereocenters. The Morgan fingerprint density at radius 3 is 2.52 bits per heavy atom. The monoisotopic (exact) mass is 476 g/mol. The Balaban J connectivity index is 1.67. The van der Waals surface area contributed by atoms with Crippen LogP contribution in [0.25, 0.3) is 0 Å². The molecule has 180 valence electrons. The fourth-order valence-corrected chi connectivity index (χ4v) is 4.95. The molecule has 0 saturated carbocycles. The molecule has 2 aromatic carbocycles. The highest BCUT2D eigenvalue weighted by Gasteiger charge is 2.34. The zero-order chi connectivity index (χ0) is 24.2. The van der Waals surface area contributed by atoms with E-state index in [0.717, 1.165) is 17.6 Å². The number of fused-ring (bicyclic) bond motifs is 1. The number of methoxy groups -OCH3 is 2. The molecule has 8 nitrogen and oxygen atoms in total. The molecule has 2 aromatic rings. The van der Waals surface area contributed by atoms with Gasteiger partial charge < -0.3 is 19.5 Å². The standard InChI is InChI=1S/C24H32N2O6S/c1-24(2)16-21(20-15-19(31-4)11-12-22(20)32-24)25-23(27)10-7-13-26(33(5,28)29)17-8-6-9-18(14-17)30-3/h6,8-9,11-12,14-15,21H,7,10,13,16H2,1-5H3,(H,25,27)/t21-/m0/s1. The minimum absolute atomic E-state index is 0.148. The van der Waals surface area contributed by atoms with Crippen LogP contribution in [0.4, 0.5) is 5.69 Å². The first kappa shape index (κ1) is 24.7. The highest BCUT2D eigenvalue weighted by atomic mass is 32.2. The highest BCUT2D eigenvalue weighted by molar-refractivity contribution is 7.92. The van der Waals surface area contributed by atoms with E-state index in [1.807, 2.05) is 32.0 Å². The van der Waals surface area contributed by atoms with Crippen molar-refractivity contribution >= 4 is 21.6 Å². The van der Waals surface area contributed by atoms with E-state index in [0.29, 0.717) is 30.0 Å². The summed E-state index contributed by atoms with van der Waals surface area (Å²) >= 11 is 0. The molecule has 0 saturated heterocycles. The van der Waals surface area contributed by atoms with E-state index in [1.165, 1.54) is 11.4 Å². The second kappa shape index (κ2) is 9.91. The Hall–Kier alpha value is -2.94. The summed E-state index contributed by atoms with van der Waals surface area (Å²) in [6.07, 6.45) is 2.32. The van der Waals surface area contributed by atoms with Crippen LogP contribution in [0.2, 0.25) is 0 Å². The maximum atomic E-state index is 12.8. The van der Waals surface area contributed by atoms with Crippen molar-refractivity contribution in [1.82, 2.24) is 5.32 Å². The molecular weight excluding hydrogens is 444 g/mol. The van der Waals surface area contributed by atoms with Crippen LogP contribution in [0, 0.1) is 0 Å². The quantitative estimate of drug-likeness (QED) is 0.594. The van der Waals surface area contributed by atoms with Crippen LogP contribution >= 0.6 is 0 Å². The summed E-state index contributed by atoms with van der Waals surface area (Å²) in [6.45, 7) is 4.15. The number of carbonyl (C=O) groups excluding carboxylic acids is 1. The predicted octanol–water partition coefficient (Wildman–Crippen LogP) is 3.67. The summed E-state index contributed by atoms with van der Waals surface area (Å²) < 4.78 is 42.6. The number of carbonyl (C=O) groups is 1. The molecule has 0 bridgehead atoms. The lowest BCUT2D eigenvalue weighted by atomic mass is 9.89. The Morgan fingerprint density at radius 2 is 1.85 bits per heavy atom. The number of rotatable bonds is 9. The van der Waals surface area contributed by atoms with E-state index in [1.54, 1.807) is 31.4 Å². The van der Waals surface area contributed by atoms with E-state index < -0.39 is 15.6 Å². The molecule has 0 unspecified atom stereocenters. The molecule has 0 aliphatic carbocycles. The van der Waals surface area contributed by atoms with Gasteiger partial charge in [0, 0.05) is 31.0 Å². The Morgan fingerprint density at radius 1 is 1.15 bits per heavy atom. The van der Waals surface area contributed by atoms with Gasteiger partial charge in [0.25, 0.3) is 0 Å². The van der Waals surface area contributed by atoms with E-state index in [2.05, 4.69) is 5.32 Å². The number of amides is 1. The van der Waals surface area contributed by atoms with Crippen LogP contribution in [0.1, 0.15) is 44.7 Å². The first-order valence-corrected chi connectivity index (χ1v) is 12.7. The van der Waals surface area contributed by atoms with E-state index in [9.17, 15) is 13.2 Å². The molecule has 1 amide bonds. The number of benzene rings is 2. The van der Waals surface area contributed by atoms with Crippen molar-refractivity contribution in [3.05, 3.63) is 48.0 Å². The number of hydrogen-bond acceptors (Lipinski definition) is 6. The maximum Gasteiger partial charge on any atom is 0.232 e. The van der Waals surface area contributed by atoms with Crippen molar-refractivity contribution in [3.8, 4) is 17.2 Å². The number of sulfonamides is 1. The van der Waals surface area contributed by atoms with E-state index in [-0.39, 0.29) is 24.9 Å². The summed E-state index contributed by atoms with van der Waals surface area (Å²) in [5.41, 5.74) is 0.944. The van der Waals surface area contributed by atoms with Gasteiger partial charge in [0.2, 0.25) is 15.9 Å². The smallest absolute Gasteiger partial charge is 0.232 e. The molecule has 1 N–H and O–H groups in total. The van der Waals surface area contributed by atoms with Gasteiger partial charge in [-0.3, -0.25) is 9.10 Å². The average molecular weight is 477 g/mol. The molecule has 0 radical (unpaired) electrons. The van der Waals surface area contributed by atoms with Crippen molar-refractivity contribution in [3.63, 3.8) is 0 Å². The highest BCUT2D eigenvalue weighted by Crippen LogP contribution is 2.41. The first-order chi connectivity index (χ1) is 15.5. The van der Waals surface area contributed by atoms with Crippen LogP contribution in [-0.4, -0.2) is 46.9 Å². The normalized spacial score (nSPS) is 16.8. The molecular formula is C24H32N2O6S. The van der Waals surface area contributed by atoms with Gasteiger partial charge in [-0.25, -0.2) is 8.42 Å². The van der Waals surface area contributed by atoms with E-state index >= 15 is 0 Å². The van der Waals surface area contributed by atoms with Gasteiger partial charge in [0.15, 0.2) is 0 Å². The molecule has 0 fully saturated rings. The molecule has 9 heteroatoms. The van der Waals surface area contributed by atoms with Crippen molar-refractivity contribution in [1.29, 1.82) is 0 Å². The SMILES string of the molecule is COc1cccc(N(CCCC(=O)N[C@H]2CC(C)(C)Oc3ccc(OC)cc32)S(C)(=O)=O)c1. The fourth-order valence-electron chi connectivity index (χ4n) is 3.99. The van der Waals surface area contributed by atoms with Crippen molar-refractivity contribution in [2.45, 2.75) is 44.8 Å². The van der Waals surface area contributed by atoms with Crippen LogP contribution < -0.4 is 23.8 Å². The largest absolute Gasteiger partial charge is 0.497 e. The molecule has 1 aliphatic rings. The van der Waals surface area contributed by atoms with E-state index in [4.69, 9.17) is 14.2 Å². The zero-order valence-corrected chi connectivity index (χ0v) is 20.6. The van der Waals surface area contributed by atoms with Gasteiger partial charge in [-0.15, -0.1) is 0 Å². The lowest BCUT2D eigenvalue weighted by Crippen LogP contribution is -2.41. The lowest BCUT2D eigenvalue weighted by molar-refractivity contribution is -0.122. The Bertz CT molecular complexity index is 1100. The molecule has 1 heterocycles. The van der Waals surface area contributed by atoms with Crippen molar-refractivity contribution in [2.75, 3.05) is 31.3 Å². The Labute approximate surface area is 195 Å². The van der Waals surface area contributed by atoms with Gasteiger partial charge in [0.05, 0.1) is 32.2 Å². The van der Waals surface area contributed by atoms with Crippen LogP contribution in [0.15, 0.2) is 42.5 Å². The van der Waals surface area contributed by atoms with Crippen LogP contribution in [0.3, 0.4) is 0 Å². The summed E-state index contributed by atoms with van der Waals surface area (Å²) in [6, 6.07) is 12.2. The fraction of sp³-hybridized carbons (Fsp3) is 0.458. The minimum Gasteiger partial charge on any atom is -0.497 e. The molecule has 1 aliphatic heterocycles. The van der Waals surface area contributed by atoms with Crippen molar-refractivity contribution < 1.29 is 27.4 Å². The predicted molar refractivity (Wildman–Crippen MR) is 128 cm³/mol. The summed E-state index contributed by atoms with van der Waals surface area (Å²) in [5.74, 6) is 1.83. The number of anilines is 1. The molecule has 0 spiro atoms. The second-order valence-electron chi connectivity index (χ2n) is 8.73. The van der Waals surface area contributed by atoms with Gasteiger partial charge in [-0.05, 0) is 50.6 Å². The topological polar surface area (TPSA) is 94.2 Å². The minimum atomic E-state index is -3.52. The third-order valence-electron chi connectivity index (χ3n) is 5.52. The van der Waals surface area contributed by atoms with Gasteiger partial charge in [0.1, 0.15) is 22.8 Å². The van der Waals surface area contributed by atoms with Crippen LogP contribution in [0.5, 0.6) is 17.2 Å². The summed E-state index contributed by atoms with van der Waals surface area (Å²) in [4.78, 5) is 12.8. The van der Waals surface area contributed by atoms with Gasteiger partial charge in [-0.1, -0.05) is 6.07 Å². The summed E-state index contributed by atoms with van der Waals surface area (Å²) in [7, 11) is -0.392. The number of nitrogens with one attached hydrogen (secondary N) is 1. The molecule has 33 heavy (non-hydrogen) atoms. The van der Waals surface area contributed by atoms with Crippen LogP contribution in [-0.2, 0) is 14.8 Å². The third-order valence-corrected chi connectivity index (χ3v) is 6.71. The number of ether oxygens (including phenoxy) is 3. The van der Waals surface area contributed by atoms with Crippen molar-refractivity contribution in [2.24, 2.45) is 0 Å². The second-order valence-corrected chi connectivity index (χ2v) is 10.6. The Kier molecular flexibility index (Phi) is 7.41. The number of nitrogens with zero attached hydrogens (tertiary/aromatic N) is 1. The zero-order valence-electron chi connectivity index (χ0n) is 19.8.